The maximum absolute atomic E-state index is 6.51. The fraction of sp³-hybridized carbons (Fsp3) is 0.200. The molecule has 5 aromatic carbocycles. The van der Waals surface area contributed by atoms with Crippen molar-refractivity contribution in [1.29, 1.82) is 0 Å². The number of hydrogen-bond acceptors (Lipinski definition) is 2. The Balaban J connectivity index is 1.46. The first-order valence-corrected chi connectivity index (χ1v) is 13.5. The van der Waals surface area contributed by atoms with E-state index in [1.54, 1.807) is 0 Å². The van der Waals surface area contributed by atoms with Crippen molar-refractivity contribution in [2.45, 2.75) is 44.3 Å². The third-order valence-corrected chi connectivity index (χ3v) is 9.53. The third-order valence-electron chi connectivity index (χ3n) is 9.53. The van der Waals surface area contributed by atoms with Crippen molar-refractivity contribution >= 4 is 23.4 Å². The lowest BCUT2D eigenvalue weighted by atomic mass is 9.68. The molecule has 0 aromatic heterocycles. The minimum atomic E-state index is -0.404. The Morgan fingerprint density at radius 2 is 1.13 bits per heavy atom. The molecule has 2 aliphatic carbocycles. The van der Waals surface area contributed by atoms with Crippen LogP contribution in [0.4, 0.5) is 0 Å². The van der Waals surface area contributed by atoms with E-state index in [0.29, 0.717) is 0 Å². The van der Waals surface area contributed by atoms with E-state index in [4.69, 9.17) is 9.31 Å². The van der Waals surface area contributed by atoms with Crippen LogP contribution in [-0.4, -0.2) is 18.3 Å². The second-order valence-corrected chi connectivity index (χ2v) is 11.9. The zero-order chi connectivity index (χ0) is 25.9. The number of hydrogen-bond donors (Lipinski definition) is 0. The van der Waals surface area contributed by atoms with E-state index >= 15 is 0 Å². The molecular weight excluding hydrogens is 463 g/mol. The molecule has 1 fully saturated rings. The molecule has 1 saturated heterocycles. The molecule has 3 aliphatic rings. The molecule has 38 heavy (non-hydrogen) atoms. The van der Waals surface area contributed by atoms with Crippen molar-refractivity contribution in [2.75, 3.05) is 0 Å². The predicted molar refractivity (Wildman–Crippen MR) is 156 cm³/mol. The summed E-state index contributed by atoms with van der Waals surface area (Å²) in [6.45, 7) is 8.47. The van der Waals surface area contributed by atoms with Crippen LogP contribution in [-0.2, 0) is 14.7 Å². The Kier molecular flexibility index (Phi) is 4.26. The summed E-state index contributed by atoms with van der Waals surface area (Å²) in [5.74, 6) is 0. The highest BCUT2D eigenvalue weighted by molar-refractivity contribution is 6.62. The highest BCUT2D eigenvalue weighted by Crippen LogP contribution is 2.63. The molecule has 0 radical (unpaired) electrons. The molecule has 1 spiro atoms. The predicted octanol–water partition coefficient (Wildman–Crippen LogP) is 7.48. The molecular formula is C35H29BO2. The zero-order valence-electron chi connectivity index (χ0n) is 22.2. The van der Waals surface area contributed by atoms with Crippen molar-refractivity contribution in [3.8, 4) is 22.3 Å². The fourth-order valence-corrected chi connectivity index (χ4v) is 7.05. The Hall–Kier alpha value is -3.66. The third kappa shape index (κ3) is 2.61. The standard InChI is InChI=1S/C35H29BO2/c1-33(2)34(3,4)38-36(37-33)23-18-19-26-25-13-7-9-15-28(25)35(31(26)21-23)29-16-10-8-14-27(29)32-24-12-6-5-11-22(24)17-20-30(32)35/h5-21H,1-4H3. The summed E-state index contributed by atoms with van der Waals surface area (Å²) in [7, 11) is -0.404. The van der Waals surface area contributed by atoms with Crippen molar-refractivity contribution in [2.24, 2.45) is 0 Å². The van der Waals surface area contributed by atoms with Crippen molar-refractivity contribution in [3.63, 3.8) is 0 Å². The van der Waals surface area contributed by atoms with Gasteiger partial charge in [0.25, 0.3) is 0 Å². The number of fused-ring (bicyclic) bond motifs is 12. The minimum absolute atomic E-state index is 0.386. The maximum atomic E-state index is 6.51. The molecule has 0 saturated carbocycles. The number of rotatable bonds is 1. The first kappa shape index (κ1) is 22.3. The van der Waals surface area contributed by atoms with E-state index in [2.05, 4.69) is 131 Å². The highest BCUT2D eigenvalue weighted by Gasteiger charge is 2.54. The Bertz CT molecular complexity index is 1780. The fourth-order valence-electron chi connectivity index (χ4n) is 7.05. The van der Waals surface area contributed by atoms with Gasteiger partial charge in [0.05, 0.1) is 16.6 Å². The van der Waals surface area contributed by atoms with E-state index in [9.17, 15) is 0 Å². The van der Waals surface area contributed by atoms with Crippen LogP contribution in [0.3, 0.4) is 0 Å². The Morgan fingerprint density at radius 3 is 1.89 bits per heavy atom. The van der Waals surface area contributed by atoms with E-state index in [0.717, 1.165) is 5.46 Å². The van der Waals surface area contributed by atoms with Gasteiger partial charge in [0.1, 0.15) is 0 Å². The minimum Gasteiger partial charge on any atom is -0.399 e. The van der Waals surface area contributed by atoms with Crippen LogP contribution < -0.4 is 5.46 Å². The first-order chi connectivity index (χ1) is 18.3. The van der Waals surface area contributed by atoms with Gasteiger partial charge >= 0.3 is 7.12 Å². The maximum Gasteiger partial charge on any atom is 0.494 e. The topological polar surface area (TPSA) is 18.5 Å². The van der Waals surface area contributed by atoms with Crippen LogP contribution in [0.1, 0.15) is 49.9 Å². The van der Waals surface area contributed by atoms with E-state index < -0.39 is 7.12 Å². The summed E-state index contributed by atoms with van der Waals surface area (Å²) < 4.78 is 13.0. The molecule has 0 amide bonds. The monoisotopic (exact) mass is 492 g/mol. The summed E-state index contributed by atoms with van der Waals surface area (Å²) in [6, 6.07) is 38.2. The highest BCUT2D eigenvalue weighted by atomic mass is 16.7. The van der Waals surface area contributed by atoms with Crippen molar-refractivity contribution in [3.05, 3.63) is 125 Å². The van der Waals surface area contributed by atoms with Crippen LogP contribution >= 0.6 is 0 Å². The lowest BCUT2D eigenvalue weighted by Gasteiger charge is -2.32. The van der Waals surface area contributed by atoms with Gasteiger partial charge in [-0.3, -0.25) is 0 Å². The molecule has 2 nitrogen and oxygen atoms in total. The molecule has 1 heterocycles. The van der Waals surface area contributed by atoms with E-state index in [1.807, 2.05) is 0 Å². The Morgan fingerprint density at radius 1 is 0.526 bits per heavy atom. The van der Waals surface area contributed by atoms with Crippen LogP contribution in [0, 0.1) is 0 Å². The van der Waals surface area contributed by atoms with Gasteiger partial charge in [0.15, 0.2) is 0 Å². The SMILES string of the molecule is CC1(C)OB(c2ccc3c(c2)C2(c4ccccc4-3)c3ccccc3-c3c2ccc2ccccc32)OC1(C)C. The molecule has 184 valence electrons. The molecule has 1 aliphatic heterocycles. The lowest BCUT2D eigenvalue weighted by Crippen LogP contribution is -2.41. The van der Waals surface area contributed by atoms with Gasteiger partial charge in [-0.05, 0) is 88.4 Å². The van der Waals surface area contributed by atoms with Crippen LogP contribution in [0.5, 0.6) is 0 Å². The summed E-state index contributed by atoms with van der Waals surface area (Å²) >= 11 is 0. The molecule has 1 atom stereocenters. The molecule has 0 N–H and O–H groups in total. The summed E-state index contributed by atoms with van der Waals surface area (Å²) in [5, 5.41) is 2.58. The van der Waals surface area contributed by atoms with Gasteiger partial charge in [-0.2, -0.15) is 0 Å². The summed E-state index contributed by atoms with van der Waals surface area (Å²) in [4.78, 5) is 0. The zero-order valence-corrected chi connectivity index (χ0v) is 22.2. The van der Waals surface area contributed by atoms with Crippen LogP contribution in [0.25, 0.3) is 33.0 Å². The summed E-state index contributed by atoms with van der Waals surface area (Å²) in [6.07, 6.45) is 0. The van der Waals surface area contributed by atoms with Gasteiger partial charge in [0, 0.05) is 0 Å². The van der Waals surface area contributed by atoms with Crippen molar-refractivity contribution in [1.82, 2.24) is 0 Å². The molecule has 1 unspecified atom stereocenters. The lowest BCUT2D eigenvalue weighted by molar-refractivity contribution is 0.00578. The Labute approximate surface area is 224 Å². The summed E-state index contributed by atoms with van der Waals surface area (Å²) in [5.41, 5.74) is 10.5. The van der Waals surface area contributed by atoms with Gasteiger partial charge < -0.3 is 9.31 Å². The van der Waals surface area contributed by atoms with Gasteiger partial charge in [-0.15, -0.1) is 0 Å². The smallest absolute Gasteiger partial charge is 0.399 e. The van der Waals surface area contributed by atoms with Gasteiger partial charge in [-0.1, -0.05) is 103 Å². The quantitative estimate of drug-likeness (QED) is 0.221. The largest absolute Gasteiger partial charge is 0.494 e. The first-order valence-electron chi connectivity index (χ1n) is 13.5. The van der Waals surface area contributed by atoms with E-state index in [-0.39, 0.29) is 16.6 Å². The molecule has 0 bridgehead atoms. The average Bonchev–Trinajstić information content (AvgIpc) is 3.48. The van der Waals surface area contributed by atoms with Crippen LogP contribution in [0.15, 0.2) is 103 Å². The van der Waals surface area contributed by atoms with Crippen molar-refractivity contribution < 1.29 is 9.31 Å². The normalized spacial score (nSPS) is 21.4. The molecule has 5 aromatic rings. The molecule has 8 rings (SSSR count). The van der Waals surface area contributed by atoms with Gasteiger partial charge in [0.2, 0.25) is 0 Å². The van der Waals surface area contributed by atoms with Crippen LogP contribution in [0.2, 0.25) is 0 Å². The second-order valence-electron chi connectivity index (χ2n) is 11.9. The van der Waals surface area contributed by atoms with Gasteiger partial charge in [-0.25, -0.2) is 0 Å². The number of benzene rings is 5. The van der Waals surface area contributed by atoms with E-state index in [1.165, 1.54) is 55.3 Å². The second kappa shape index (κ2) is 7.25. The molecule has 3 heteroatoms. The average molecular weight is 492 g/mol.